The van der Waals surface area contributed by atoms with Crippen LogP contribution < -0.4 is 9.64 Å². The molecule has 0 spiro atoms. The molecule has 3 aromatic carbocycles. The summed E-state index contributed by atoms with van der Waals surface area (Å²) in [5.74, 6) is 0.551. The molecule has 3 aromatic rings. The Morgan fingerprint density at radius 2 is 1.69 bits per heavy atom. The first-order valence-corrected chi connectivity index (χ1v) is 13.1. The molecule has 0 N–H and O–H groups in total. The number of nitriles is 1. The maximum atomic E-state index is 13.0. The molecule has 39 heavy (non-hydrogen) atoms. The average molecular weight is 530 g/mol. The van der Waals surface area contributed by atoms with Crippen LogP contribution in [0.2, 0.25) is 0 Å². The van der Waals surface area contributed by atoms with Crippen molar-refractivity contribution in [3.05, 3.63) is 71.8 Å². The summed E-state index contributed by atoms with van der Waals surface area (Å²) in [5.41, 5.74) is 1.76. The second-order valence-corrected chi connectivity index (χ2v) is 10.7. The van der Waals surface area contributed by atoms with Gasteiger partial charge < -0.3 is 24.0 Å². The van der Waals surface area contributed by atoms with E-state index in [1.165, 1.54) is 7.11 Å². The number of hydrogen-bond acceptors (Lipinski definition) is 6. The number of fused-ring (bicyclic) bond motifs is 1. The van der Waals surface area contributed by atoms with Crippen LogP contribution in [-0.2, 0) is 20.8 Å². The van der Waals surface area contributed by atoms with Gasteiger partial charge in [-0.1, -0.05) is 18.2 Å². The van der Waals surface area contributed by atoms with Crippen molar-refractivity contribution in [2.45, 2.75) is 51.9 Å². The van der Waals surface area contributed by atoms with Crippen molar-refractivity contribution in [1.29, 1.82) is 5.26 Å². The average Bonchev–Trinajstić information content (AvgIpc) is 2.91. The number of methoxy groups -OCH3 is 1. The number of piperidine rings is 1. The van der Waals surface area contributed by atoms with Gasteiger partial charge in [-0.3, -0.25) is 4.79 Å². The summed E-state index contributed by atoms with van der Waals surface area (Å²) in [6.07, 6.45) is 1.14. The van der Waals surface area contributed by atoms with Crippen molar-refractivity contribution in [3.63, 3.8) is 0 Å². The second-order valence-electron chi connectivity index (χ2n) is 10.7. The molecule has 4 rings (SSSR count). The summed E-state index contributed by atoms with van der Waals surface area (Å²) >= 11 is 0. The van der Waals surface area contributed by atoms with Crippen LogP contribution in [-0.4, -0.2) is 55.4 Å². The number of anilines is 1. The van der Waals surface area contributed by atoms with E-state index in [1.807, 2.05) is 75.4 Å². The van der Waals surface area contributed by atoms with E-state index in [4.69, 9.17) is 14.2 Å². The summed E-state index contributed by atoms with van der Waals surface area (Å²) in [5, 5.41) is 11.2. The third-order valence-electron chi connectivity index (χ3n) is 6.49. The maximum Gasteiger partial charge on any atom is 0.410 e. The van der Waals surface area contributed by atoms with Gasteiger partial charge in [0.2, 0.25) is 0 Å². The van der Waals surface area contributed by atoms with E-state index in [0.717, 1.165) is 34.9 Å². The maximum absolute atomic E-state index is 13.0. The largest absolute Gasteiger partial charge is 0.490 e. The highest BCUT2D eigenvalue weighted by Gasteiger charge is 2.27. The third-order valence-corrected chi connectivity index (χ3v) is 6.49. The van der Waals surface area contributed by atoms with E-state index < -0.39 is 5.60 Å². The molecule has 0 atom stereocenters. The molecule has 1 heterocycles. The molecule has 1 saturated heterocycles. The van der Waals surface area contributed by atoms with Crippen molar-refractivity contribution in [2.75, 3.05) is 31.7 Å². The SMILES string of the molecule is COCC(=O)N(Cc1ccc2ccc(C#N)cc2c1)c1ccc(OC2CCN(C(=O)OC(C)(C)C)CC2)cc1. The molecule has 8 heteroatoms. The van der Waals surface area contributed by atoms with E-state index >= 15 is 0 Å². The van der Waals surface area contributed by atoms with Crippen LogP contribution in [0, 0.1) is 11.3 Å². The van der Waals surface area contributed by atoms with E-state index in [1.54, 1.807) is 15.9 Å². The number of likely N-dealkylation sites (tertiary alicyclic amines) is 1. The Labute approximate surface area is 229 Å². The Morgan fingerprint density at radius 1 is 1.00 bits per heavy atom. The zero-order valence-electron chi connectivity index (χ0n) is 23.0. The van der Waals surface area contributed by atoms with Crippen molar-refractivity contribution in [3.8, 4) is 11.8 Å². The predicted molar refractivity (Wildman–Crippen MR) is 150 cm³/mol. The fraction of sp³-hybridized carbons (Fsp3) is 0.387. The van der Waals surface area contributed by atoms with Crippen molar-refractivity contribution >= 4 is 28.5 Å². The van der Waals surface area contributed by atoms with E-state index in [0.29, 0.717) is 30.9 Å². The molecule has 0 saturated carbocycles. The number of amides is 2. The molecule has 2 amide bonds. The van der Waals surface area contributed by atoms with Crippen LogP contribution in [0.3, 0.4) is 0 Å². The van der Waals surface area contributed by atoms with Gasteiger partial charge in [0.05, 0.1) is 18.2 Å². The molecule has 0 aromatic heterocycles. The van der Waals surface area contributed by atoms with E-state index in [9.17, 15) is 14.9 Å². The molecule has 0 radical (unpaired) electrons. The van der Waals surface area contributed by atoms with Crippen LogP contribution in [0.25, 0.3) is 10.8 Å². The number of carbonyl (C=O) groups is 2. The number of hydrogen-bond donors (Lipinski definition) is 0. The summed E-state index contributed by atoms with van der Waals surface area (Å²) in [7, 11) is 1.50. The number of ether oxygens (including phenoxy) is 3. The Morgan fingerprint density at radius 3 is 2.33 bits per heavy atom. The zero-order valence-corrected chi connectivity index (χ0v) is 23.0. The van der Waals surface area contributed by atoms with Gasteiger partial charge in [0.25, 0.3) is 5.91 Å². The van der Waals surface area contributed by atoms with Crippen molar-refractivity contribution in [1.82, 2.24) is 4.90 Å². The molecular formula is C31H35N3O5. The van der Waals surface area contributed by atoms with Crippen LogP contribution in [0.4, 0.5) is 10.5 Å². The van der Waals surface area contributed by atoms with Gasteiger partial charge in [-0.05, 0) is 79.6 Å². The topological polar surface area (TPSA) is 92.1 Å². The lowest BCUT2D eigenvalue weighted by Crippen LogP contribution is -2.44. The number of benzene rings is 3. The first-order chi connectivity index (χ1) is 18.6. The quantitative estimate of drug-likeness (QED) is 0.392. The summed E-state index contributed by atoms with van der Waals surface area (Å²) in [6, 6.07) is 21.2. The normalized spacial score (nSPS) is 14.1. The molecule has 0 bridgehead atoms. The lowest BCUT2D eigenvalue weighted by molar-refractivity contribution is -0.122. The molecule has 8 nitrogen and oxygen atoms in total. The van der Waals surface area contributed by atoms with Crippen LogP contribution in [0.15, 0.2) is 60.7 Å². The molecule has 204 valence electrons. The monoisotopic (exact) mass is 529 g/mol. The van der Waals surface area contributed by atoms with Gasteiger partial charge in [0.15, 0.2) is 0 Å². The predicted octanol–water partition coefficient (Wildman–Crippen LogP) is 5.67. The Bertz CT molecular complexity index is 1350. The minimum Gasteiger partial charge on any atom is -0.490 e. The van der Waals surface area contributed by atoms with Crippen molar-refractivity contribution < 1.29 is 23.8 Å². The minimum atomic E-state index is -0.514. The van der Waals surface area contributed by atoms with E-state index in [2.05, 4.69) is 6.07 Å². The smallest absolute Gasteiger partial charge is 0.410 e. The van der Waals surface area contributed by atoms with Crippen LogP contribution >= 0.6 is 0 Å². The molecule has 0 unspecified atom stereocenters. The van der Waals surface area contributed by atoms with Gasteiger partial charge in [-0.25, -0.2) is 4.79 Å². The Kier molecular flexibility index (Phi) is 8.72. The fourth-order valence-corrected chi connectivity index (χ4v) is 4.55. The van der Waals surface area contributed by atoms with Gasteiger partial charge in [-0.2, -0.15) is 5.26 Å². The summed E-state index contributed by atoms with van der Waals surface area (Å²) < 4.78 is 16.8. The molecule has 1 aliphatic rings. The fourth-order valence-electron chi connectivity index (χ4n) is 4.55. The van der Waals surface area contributed by atoms with Crippen LogP contribution in [0.1, 0.15) is 44.7 Å². The first kappa shape index (κ1) is 27.9. The van der Waals surface area contributed by atoms with E-state index in [-0.39, 0.29) is 24.7 Å². The molecule has 1 fully saturated rings. The lowest BCUT2D eigenvalue weighted by Gasteiger charge is -2.33. The highest BCUT2D eigenvalue weighted by molar-refractivity contribution is 5.94. The third kappa shape index (κ3) is 7.49. The van der Waals surface area contributed by atoms with Gasteiger partial charge in [0, 0.05) is 38.7 Å². The summed E-state index contributed by atoms with van der Waals surface area (Å²) in [4.78, 5) is 28.7. The lowest BCUT2D eigenvalue weighted by atomic mass is 10.0. The second kappa shape index (κ2) is 12.2. The molecule has 0 aliphatic carbocycles. The summed E-state index contributed by atoms with van der Waals surface area (Å²) in [6.45, 7) is 7.07. The number of nitrogens with zero attached hydrogens (tertiary/aromatic N) is 3. The first-order valence-electron chi connectivity index (χ1n) is 13.1. The number of rotatable bonds is 7. The van der Waals surface area contributed by atoms with Crippen LogP contribution in [0.5, 0.6) is 5.75 Å². The van der Waals surface area contributed by atoms with Gasteiger partial charge >= 0.3 is 6.09 Å². The van der Waals surface area contributed by atoms with Crippen molar-refractivity contribution in [2.24, 2.45) is 0 Å². The highest BCUT2D eigenvalue weighted by atomic mass is 16.6. The Balaban J connectivity index is 1.42. The highest BCUT2D eigenvalue weighted by Crippen LogP contribution is 2.26. The standard InChI is InChI=1S/C31H35N3O5/c1-31(2,3)39-30(36)33-15-13-28(14-16-33)38-27-11-9-26(10-12-27)34(29(35)21-37-4)20-23-6-8-24-7-5-22(19-32)17-25(24)18-23/h5-12,17-18,28H,13-16,20-21H2,1-4H3. The zero-order chi connectivity index (χ0) is 28.0. The minimum absolute atomic E-state index is 0.00309. The van der Waals surface area contributed by atoms with Gasteiger partial charge in [-0.15, -0.1) is 0 Å². The number of carbonyl (C=O) groups excluding carboxylic acids is 2. The van der Waals surface area contributed by atoms with Gasteiger partial charge in [0.1, 0.15) is 24.1 Å². The molecule has 1 aliphatic heterocycles. The Hall–Kier alpha value is -4.09. The molecular weight excluding hydrogens is 494 g/mol.